The number of phenolic OH excluding ortho intramolecular Hbond substituents is 1. The van der Waals surface area contributed by atoms with Gasteiger partial charge in [-0.1, -0.05) is 6.07 Å². The van der Waals surface area contributed by atoms with Crippen molar-refractivity contribution in [3.63, 3.8) is 0 Å². The van der Waals surface area contributed by atoms with Crippen LogP contribution in [0.4, 0.5) is 4.39 Å². The van der Waals surface area contributed by atoms with Crippen LogP contribution in [0, 0.1) is 17.1 Å². The van der Waals surface area contributed by atoms with E-state index in [1.807, 2.05) is 12.1 Å². The fourth-order valence-corrected chi connectivity index (χ4v) is 4.67. The van der Waals surface area contributed by atoms with Crippen LogP contribution in [0.15, 0.2) is 42.5 Å². The van der Waals surface area contributed by atoms with E-state index < -0.39 is 5.82 Å². The maximum atomic E-state index is 13.5. The Balaban J connectivity index is 1.56. The fraction of sp³-hybridized carbons (Fsp3) is 0.435. The Labute approximate surface area is 170 Å². The highest BCUT2D eigenvalue weighted by molar-refractivity contribution is 5.35. The predicted molar refractivity (Wildman–Crippen MR) is 108 cm³/mol. The summed E-state index contributed by atoms with van der Waals surface area (Å²) in [7, 11) is 0. The predicted octanol–water partition coefficient (Wildman–Crippen LogP) is 3.52. The lowest BCUT2D eigenvalue weighted by Gasteiger charge is -2.38. The molecule has 0 aromatic heterocycles. The Morgan fingerprint density at radius 1 is 1.17 bits per heavy atom. The summed E-state index contributed by atoms with van der Waals surface area (Å²) in [6, 6.07) is 14.3. The summed E-state index contributed by atoms with van der Waals surface area (Å²) in [4.78, 5) is 2.42. The second-order valence-corrected chi connectivity index (χ2v) is 8.14. The largest absolute Gasteiger partial charge is 0.505 e. The van der Waals surface area contributed by atoms with Gasteiger partial charge in [-0.2, -0.15) is 5.26 Å². The van der Waals surface area contributed by atoms with Crippen molar-refractivity contribution in [2.45, 2.75) is 49.8 Å². The molecule has 1 saturated carbocycles. The van der Waals surface area contributed by atoms with Crippen LogP contribution in [0.1, 0.15) is 42.7 Å². The number of hydrogen-bond donors (Lipinski definition) is 2. The van der Waals surface area contributed by atoms with Crippen molar-refractivity contribution >= 4 is 0 Å². The molecule has 0 spiro atoms. The Morgan fingerprint density at radius 3 is 2.66 bits per heavy atom. The zero-order valence-electron chi connectivity index (χ0n) is 16.3. The number of likely N-dealkylation sites (tertiary alicyclic amines) is 1. The lowest BCUT2D eigenvalue weighted by atomic mass is 9.96. The second kappa shape index (κ2) is 8.40. The van der Waals surface area contributed by atoms with Crippen LogP contribution >= 0.6 is 0 Å². The SMILES string of the molecule is N#Cc1ccc(OC2CC(c3ccc(F)c(O)c3)CC2N2CCC[C@H](N)C2)cc1. The van der Waals surface area contributed by atoms with E-state index in [0.717, 1.165) is 50.1 Å². The van der Waals surface area contributed by atoms with Gasteiger partial charge in [-0.05, 0) is 80.1 Å². The van der Waals surface area contributed by atoms with Crippen molar-refractivity contribution in [3.05, 3.63) is 59.4 Å². The van der Waals surface area contributed by atoms with Gasteiger partial charge >= 0.3 is 0 Å². The minimum atomic E-state index is -0.601. The molecule has 1 aliphatic carbocycles. The molecular weight excluding hydrogens is 369 g/mol. The van der Waals surface area contributed by atoms with E-state index in [0.29, 0.717) is 5.56 Å². The van der Waals surface area contributed by atoms with Gasteiger partial charge in [0, 0.05) is 18.6 Å². The maximum absolute atomic E-state index is 13.5. The van der Waals surface area contributed by atoms with E-state index in [4.69, 9.17) is 15.7 Å². The number of nitrogens with zero attached hydrogens (tertiary/aromatic N) is 2. The van der Waals surface area contributed by atoms with E-state index in [1.54, 1.807) is 18.2 Å². The number of benzene rings is 2. The van der Waals surface area contributed by atoms with Crippen molar-refractivity contribution in [1.29, 1.82) is 5.26 Å². The third-order valence-corrected chi connectivity index (χ3v) is 6.14. The van der Waals surface area contributed by atoms with Crippen molar-refractivity contribution in [2.75, 3.05) is 13.1 Å². The van der Waals surface area contributed by atoms with E-state index in [1.165, 1.54) is 12.1 Å². The first-order valence-electron chi connectivity index (χ1n) is 10.2. The quantitative estimate of drug-likeness (QED) is 0.828. The number of nitriles is 1. The van der Waals surface area contributed by atoms with Crippen LogP contribution in [-0.4, -0.2) is 41.3 Å². The van der Waals surface area contributed by atoms with Gasteiger partial charge in [0.2, 0.25) is 0 Å². The molecule has 0 amide bonds. The van der Waals surface area contributed by atoms with Gasteiger partial charge < -0.3 is 15.6 Å². The Hall–Kier alpha value is -2.62. The topological polar surface area (TPSA) is 82.5 Å². The third-order valence-electron chi connectivity index (χ3n) is 6.14. The van der Waals surface area contributed by atoms with Gasteiger partial charge in [-0.3, -0.25) is 4.90 Å². The number of hydrogen-bond acceptors (Lipinski definition) is 5. The molecule has 6 heteroatoms. The van der Waals surface area contributed by atoms with Crippen molar-refractivity contribution in [3.8, 4) is 17.6 Å². The van der Waals surface area contributed by atoms with Crippen LogP contribution < -0.4 is 10.5 Å². The van der Waals surface area contributed by atoms with Gasteiger partial charge in [0.25, 0.3) is 0 Å². The molecule has 2 aromatic carbocycles. The maximum Gasteiger partial charge on any atom is 0.164 e. The van der Waals surface area contributed by atoms with Crippen molar-refractivity contribution < 1.29 is 14.2 Å². The Kier molecular flexibility index (Phi) is 5.70. The molecule has 2 aromatic rings. The average molecular weight is 395 g/mol. The summed E-state index contributed by atoms with van der Waals surface area (Å²) in [6.45, 7) is 1.84. The molecule has 2 fully saturated rings. The number of aromatic hydroxyl groups is 1. The molecule has 2 aliphatic rings. The van der Waals surface area contributed by atoms with Crippen LogP contribution in [-0.2, 0) is 0 Å². The molecule has 1 aliphatic heterocycles. The first-order valence-corrected chi connectivity index (χ1v) is 10.2. The Morgan fingerprint density at radius 2 is 1.97 bits per heavy atom. The summed E-state index contributed by atoms with van der Waals surface area (Å²) >= 11 is 0. The lowest BCUT2D eigenvalue weighted by Crippen LogP contribution is -2.51. The Bertz CT molecular complexity index is 896. The van der Waals surface area contributed by atoms with E-state index in [9.17, 15) is 9.50 Å². The minimum Gasteiger partial charge on any atom is -0.505 e. The molecule has 152 valence electrons. The van der Waals surface area contributed by atoms with Gasteiger partial charge in [0.15, 0.2) is 11.6 Å². The van der Waals surface area contributed by atoms with Crippen LogP contribution in [0.3, 0.4) is 0 Å². The van der Waals surface area contributed by atoms with E-state index in [-0.39, 0.29) is 29.9 Å². The first-order chi connectivity index (χ1) is 14.0. The monoisotopic (exact) mass is 395 g/mol. The summed E-state index contributed by atoms with van der Waals surface area (Å²) in [5.74, 6) is 0.00197. The van der Waals surface area contributed by atoms with Crippen LogP contribution in [0.25, 0.3) is 0 Å². The molecular formula is C23H26FN3O2. The highest BCUT2D eigenvalue weighted by Gasteiger charge is 2.41. The van der Waals surface area contributed by atoms with Crippen molar-refractivity contribution in [2.24, 2.45) is 5.73 Å². The normalized spacial score (nSPS) is 27.5. The zero-order chi connectivity index (χ0) is 20.4. The standard InChI is InChI=1S/C23H26FN3O2/c24-20-8-5-16(11-22(20)28)17-10-21(27-9-1-2-18(26)14-27)23(12-17)29-19-6-3-15(13-25)4-7-19/h3-8,11,17-18,21,23,28H,1-2,9-10,12,14,26H2/t17?,18-,21?,23?/m0/s1. The highest BCUT2D eigenvalue weighted by Crippen LogP contribution is 2.41. The molecule has 0 bridgehead atoms. The molecule has 0 radical (unpaired) electrons. The van der Waals surface area contributed by atoms with E-state index in [2.05, 4.69) is 11.0 Å². The third kappa shape index (κ3) is 4.36. The molecule has 3 N–H and O–H groups in total. The molecule has 5 nitrogen and oxygen atoms in total. The van der Waals surface area contributed by atoms with Crippen LogP contribution in [0.2, 0.25) is 0 Å². The zero-order valence-corrected chi connectivity index (χ0v) is 16.3. The summed E-state index contributed by atoms with van der Waals surface area (Å²) in [5.41, 5.74) is 7.75. The van der Waals surface area contributed by atoms with Crippen LogP contribution in [0.5, 0.6) is 11.5 Å². The summed E-state index contributed by atoms with van der Waals surface area (Å²) < 4.78 is 19.9. The summed E-state index contributed by atoms with van der Waals surface area (Å²) in [6.07, 6.45) is 3.73. The average Bonchev–Trinajstić information content (AvgIpc) is 3.14. The van der Waals surface area contributed by atoms with E-state index >= 15 is 0 Å². The first kappa shape index (κ1) is 19.7. The molecule has 4 rings (SSSR count). The molecule has 29 heavy (non-hydrogen) atoms. The number of nitrogens with two attached hydrogens (primary N) is 1. The molecule has 1 saturated heterocycles. The van der Waals surface area contributed by atoms with Gasteiger partial charge in [0.1, 0.15) is 11.9 Å². The number of piperidine rings is 1. The number of ether oxygens (including phenoxy) is 1. The lowest BCUT2D eigenvalue weighted by molar-refractivity contribution is 0.0682. The summed E-state index contributed by atoms with van der Waals surface area (Å²) in [5, 5.41) is 18.8. The smallest absolute Gasteiger partial charge is 0.164 e. The highest BCUT2D eigenvalue weighted by atomic mass is 19.1. The minimum absolute atomic E-state index is 0.0366. The number of phenols is 1. The van der Waals surface area contributed by atoms with Gasteiger partial charge in [0.05, 0.1) is 11.6 Å². The number of halogens is 1. The fourth-order valence-electron chi connectivity index (χ4n) is 4.67. The van der Waals surface area contributed by atoms with Crippen molar-refractivity contribution in [1.82, 2.24) is 4.90 Å². The molecule has 1 heterocycles. The second-order valence-electron chi connectivity index (χ2n) is 8.14. The molecule has 4 atom stereocenters. The van der Waals surface area contributed by atoms with Gasteiger partial charge in [-0.25, -0.2) is 4.39 Å². The number of rotatable bonds is 4. The molecule has 3 unspecified atom stereocenters. The van der Waals surface area contributed by atoms with Gasteiger partial charge in [-0.15, -0.1) is 0 Å².